The Labute approximate surface area is 285 Å². The van der Waals surface area contributed by atoms with Crippen LogP contribution in [0, 0.1) is 23.2 Å². The molecule has 0 spiro atoms. The van der Waals surface area contributed by atoms with Gasteiger partial charge in [-0.25, -0.2) is 8.42 Å². The van der Waals surface area contributed by atoms with Gasteiger partial charge in [-0.3, -0.25) is 24.5 Å². The number of nitriles is 1. The number of hydrogen-bond donors (Lipinski definition) is 1. The summed E-state index contributed by atoms with van der Waals surface area (Å²) in [6.07, 6.45) is 8.74. The Hall–Kier alpha value is -4.12. The second kappa shape index (κ2) is 12.2. The van der Waals surface area contributed by atoms with Crippen molar-refractivity contribution in [3.8, 4) is 6.07 Å². The van der Waals surface area contributed by atoms with Gasteiger partial charge in [0.1, 0.15) is 20.6 Å². The molecule has 2 unspecified atom stereocenters. The van der Waals surface area contributed by atoms with Crippen LogP contribution in [0.15, 0.2) is 96.2 Å². The highest BCUT2D eigenvalue weighted by Gasteiger charge is 2.65. The van der Waals surface area contributed by atoms with E-state index in [0.717, 1.165) is 22.5 Å². The number of piperidine rings is 1. The van der Waals surface area contributed by atoms with Gasteiger partial charge in [0, 0.05) is 80.2 Å². The quantitative estimate of drug-likeness (QED) is 0.195. The van der Waals surface area contributed by atoms with Crippen LogP contribution < -0.4 is 5.32 Å². The third-order valence-corrected chi connectivity index (χ3v) is 12.6. The van der Waals surface area contributed by atoms with Crippen LogP contribution in [0.2, 0.25) is 8.67 Å². The highest BCUT2D eigenvalue weighted by atomic mass is 35.5. The molecule has 3 fully saturated rings. The SMILES string of the molecule is N#Cc1ccc(C(=O)C=C2NC(Cc3ccncc3)(Cc3ccncc3)C(=O)N2C2C3CN(S(=O)(=O)c4cc(Cl)sc4Cl)CC32)cc1. The third-order valence-electron chi connectivity index (χ3n) is 8.99. The maximum Gasteiger partial charge on any atom is 0.254 e. The zero-order valence-corrected chi connectivity index (χ0v) is 27.7. The van der Waals surface area contributed by atoms with E-state index in [-0.39, 0.29) is 56.2 Å². The summed E-state index contributed by atoms with van der Waals surface area (Å²) in [5, 5.41) is 12.7. The number of aromatic nitrogens is 2. The van der Waals surface area contributed by atoms with Crippen molar-refractivity contribution in [2.45, 2.75) is 29.3 Å². The van der Waals surface area contributed by atoms with Crippen molar-refractivity contribution >= 4 is 56.3 Å². The van der Waals surface area contributed by atoms with Crippen LogP contribution in [0.25, 0.3) is 0 Å². The molecule has 1 N–H and O–H groups in total. The summed E-state index contributed by atoms with van der Waals surface area (Å²) < 4.78 is 28.7. The third kappa shape index (κ3) is 5.83. The molecule has 1 aliphatic carbocycles. The standard InChI is InChI=1S/C33H26Cl2N6O4S2/c34-28-14-27(31(35)46-28)47(44,45)40-18-24-25(19-40)30(24)41-29(13-26(42)23-3-1-22(17-36)2-4-23)39-33(32(41)43,15-20-5-9-37-10-6-20)16-21-7-11-38-12-8-21/h1-14,24-25,30,39H,15-16,18-19H2. The number of benzene rings is 1. The predicted molar refractivity (Wildman–Crippen MR) is 176 cm³/mol. The monoisotopic (exact) mass is 704 g/mol. The number of nitrogens with zero attached hydrogens (tertiary/aromatic N) is 5. The van der Waals surface area contributed by atoms with Crippen LogP contribution in [0.1, 0.15) is 27.0 Å². The molecule has 2 saturated heterocycles. The second-order valence-electron chi connectivity index (χ2n) is 11.9. The molecule has 1 saturated carbocycles. The topological polar surface area (TPSA) is 136 Å². The van der Waals surface area contributed by atoms with Crippen LogP contribution >= 0.6 is 34.5 Å². The second-order valence-corrected chi connectivity index (χ2v) is 16.1. The Morgan fingerprint density at radius 1 is 1.00 bits per heavy atom. The number of carbonyl (C=O) groups excluding carboxylic acids is 2. The summed E-state index contributed by atoms with van der Waals surface area (Å²) in [6, 6.07) is 16.8. The summed E-state index contributed by atoms with van der Waals surface area (Å²) in [5.41, 5.74) is 1.41. The summed E-state index contributed by atoms with van der Waals surface area (Å²) in [4.78, 5) is 38.3. The smallest absolute Gasteiger partial charge is 0.254 e. The molecule has 10 nitrogen and oxygen atoms in total. The molecular weight excluding hydrogens is 679 g/mol. The first-order chi connectivity index (χ1) is 22.6. The first-order valence-corrected chi connectivity index (χ1v) is 17.7. The minimum Gasteiger partial charge on any atom is -0.357 e. The van der Waals surface area contributed by atoms with E-state index in [2.05, 4.69) is 15.3 Å². The normalized spacial score (nSPS) is 22.6. The van der Waals surface area contributed by atoms with Crippen molar-refractivity contribution in [3.05, 3.63) is 122 Å². The zero-order valence-electron chi connectivity index (χ0n) is 24.6. The zero-order chi connectivity index (χ0) is 32.9. The molecule has 7 rings (SSSR count). The first-order valence-electron chi connectivity index (χ1n) is 14.7. The van der Waals surface area contributed by atoms with Gasteiger partial charge in [-0.1, -0.05) is 23.2 Å². The number of carbonyl (C=O) groups is 2. The average Bonchev–Trinajstić information content (AvgIpc) is 3.32. The summed E-state index contributed by atoms with van der Waals surface area (Å²) in [5.74, 6) is -0.471. The first kappa shape index (κ1) is 31.5. The van der Waals surface area contributed by atoms with Crippen molar-refractivity contribution in [1.82, 2.24) is 24.5 Å². The van der Waals surface area contributed by atoms with Crippen LogP contribution in [0.3, 0.4) is 0 Å². The maximum atomic E-state index is 14.8. The Kier molecular flexibility index (Phi) is 8.14. The lowest BCUT2D eigenvalue weighted by Gasteiger charge is -2.28. The van der Waals surface area contributed by atoms with Gasteiger partial charge in [0.15, 0.2) is 5.78 Å². The fourth-order valence-electron chi connectivity index (χ4n) is 6.69. The number of allylic oxidation sites excluding steroid dienone is 1. The minimum atomic E-state index is -3.89. The molecule has 47 heavy (non-hydrogen) atoms. The summed E-state index contributed by atoms with van der Waals surface area (Å²) in [7, 11) is -3.89. The predicted octanol–water partition coefficient (Wildman–Crippen LogP) is 4.72. The molecule has 1 amide bonds. The van der Waals surface area contributed by atoms with E-state index in [9.17, 15) is 23.3 Å². The number of thiophene rings is 1. The summed E-state index contributed by atoms with van der Waals surface area (Å²) >= 11 is 13.3. The van der Waals surface area contributed by atoms with Crippen molar-refractivity contribution in [2.75, 3.05) is 13.1 Å². The lowest BCUT2D eigenvalue weighted by Crippen LogP contribution is -2.51. The van der Waals surface area contributed by atoms with Crippen LogP contribution in [-0.2, 0) is 27.7 Å². The summed E-state index contributed by atoms with van der Waals surface area (Å²) in [6.45, 7) is 0.396. The van der Waals surface area contributed by atoms with E-state index in [1.54, 1.807) is 54.0 Å². The highest BCUT2D eigenvalue weighted by Crippen LogP contribution is 2.53. The minimum absolute atomic E-state index is 0.0201. The number of sulfonamides is 1. The van der Waals surface area contributed by atoms with Crippen LogP contribution in [0.5, 0.6) is 0 Å². The van der Waals surface area contributed by atoms with Gasteiger partial charge < -0.3 is 5.32 Å². The van der Waals surface area contributed by atoms with E-state index in [4.69, 9.17) is 23.2 Å². The molecule has 238 valence electrons. The number of pyridine rings is 2. The number of amides is 1. The highest BCUT2D eigenvalue weighted by molar-refractivity contribution is 7.89. The molecule has 3 aliphatic rings. The van der Waals surface area contributed by atoms with E-state index in [1.165, 1.54) is 16.4 Å². The van der Waals surface area contributed by atoms with Gasteiger partial charge in [0.25, 0.3) is 5.91 Å². The largest absolute Gasteiger partial charge is 0.357 e. The van der Waals surface area contributed by atoms with Gasteiger partial charge in [-0.2, -0.15) is 9.57 Å². The number of ketones is 1. The molecule has 2 atom stereocenters. The van der Waals surface area contributed by atoms with E-state index in [1.807, 2.05) is 30.3 Å². The van der Waals surface area contributed by atoms with E-state index in [0.29, 0.717) is 29.8 Å². The van der Waals surface area contributed by atoms with Gasteiger partial charge in [0.05, 0.1) is 16.0 Å². The fourth-order valence-corrected chi connectivity index (χ4v) is 10.3. The Morgan fingerprint density at radius 2 is 1.57 bits per heavy atom. The van der Waals surface area contributed by atoms with Crippen molar-refractivity contribution < 1.29 is 18.0 Å². The van der Waals surface area contributed by atoms with Crippen molar-refractivity contribution in [3.63, 3.8) is 0 Å². The number of hydrogen-bond acceptors (Lipinski definition) is 9. The Bertz CT molecular complexity index is 2000. The van der Waals surface area contributed by atoms with Crippen molar-refractivity contribution in [2.24, 2.45) is 11.8 Å². The number of halogens is 2. The lowest BCUT2D eigenvalue weighted by atomic mass is 9.85. The average molecular weight is 706 g/mol. The molecule has 5 heterocycles. The Balaban J connectivity index is 1.24. The van der Waals surface area contributed by atoms with E-state index >= 15 is 0 Å². The number of nitrogens with one attached hydrogen (secondary N) is 1. The molecule has 14 heteroatoms. The van der Waals surface area contributed by atoms with Crippen molar-refractivity contribution in [1.29, 1.82) is 5.26 Å². The van der Waals surface area contributed by atoms with Gasteiger partial charge in [0.2, 0.25) is 10.0 Å². The molecule has 1 aromatic carbocycles. The van der Waals surface area contributed by atoms with Gasteiger partial charge >= 0.3 is 0 Å². The molecule has 4 aromatic rings. The molecular formula is C33H26Cl2N6O4S2. The molecule has 2 aliphatic heterocycles. The molecule has 0 bridgehead atoms. The Morgan fingerprint density at radius 3 is 2.09 bits per heavy atom. The lowest BCUT2D eigenvalue weighted by molar-refractivity contribution is -0.132. The number of rotatable bonds is 9. The van der Waals surface area contributed by atoms with E-state index < -0.39 is 15.6 Å². The fraction of sp³-hybridized carbons (Fsp3) is 0.242. The van der Waals surface area contributed by atoms with Crippen LogP contribution in [-0.4, -0.2) is 64.0 Å². The van der Waals surface area contributed by atoms with Gasteiger partial charge in [-0.05, 0) is 65.7 Å². The van der Waals surface area contributed by atoms with Crippen LogP contribution in [0.4, 0.5) is 0 Å². The van der Waals surface area contributed by atoms with Gasteiger partial charge in [-0.15, -0.1) is 11.3 Å². The molecule has 0 radical (unpaired) electrons. The number of fused-ring (bicyclic) bond motifs is 1. The molecule has 3 aromatic heterocycles. The maximum absolute atomic E-state index is 14.8.